The maximum absolute atomic E-state index is 12.6. The Labute approximate surface area is 164 Å². The van der Waals surface area contributed by atoms with Crippen molar-refractivity contribution in [1.82, 2.24) is 10.6 Å². The summed E-state index contributed by atoms with van der Waals surface area (Å²) in [7, 11) is 0. The second kappa shape index (κ2) is 10.4. The van der Waals surface area contributed by atoms with Gasteiger partial charge in [-0.25, -0.2) is 9.59 Å². The van der Waals surface area contributed by atoms with Gasteiger partial charge in [0, 0.05) is 11.4 Å². The van der Waals surface area contributed by atoms with Gasteiger partial charge in [-0.05, 0) is 24.6 Å². The van der Waals surface area contributed by atoms with Crippen LogP contribution < -0.4 is 10.6 Å². The van der Waals surface area contributed by atoms with E-state index in [2.05, 4.69) is 10.6 Å². The molecule has 0 unspecified atom stereocenters. The summed E-state index contributed by atoms with van der Waals surface area (Å²) in [6, 6.07) is 14.0. The fourth-order valence-corrected chi connectivity index (χ4v) is 2.77. The fourth-order valence-electron chi connectivity index (χ4n) is 2.15. The van der Waals surface area contributed by atoms with Gasteiger partial charge in [0.25, 0.3) is 11.7 Å². The molecule has 0 radical (unpaired) electrons. The van der Waals surface area contributed by atoms with Crippen LogP contribution in [-0.2, 0) is 16.1 Å². The van der Waals surface area contributed by atoms with Gasteiger partial charge in [0.05, 0.1) is 5.56 Å². The Hall–Kier alpha value is -2.94. The molecule has 148 valence electrons. The van der Waals surface area contributed by atoms with Gasteiger partial charge in [-0.1, -0.05) is 54.2 Å². The second-order valence-electron chi connectivity index (χ2n) is 5.58. The Balaban J connectivity index is 1.88. The molecular weight excluding hydrogens is 390 g/mol. The van der Waals surface area contributed by atoms with Crippen LogP contribution in [0, 0.1) is 0 Å². The molecule has 0 spiro atoms. The first-order valence-corrected chi connectivity index (χ1v) is 9.12. The van der Waals surface area contributed by atoms with Crippen LogP contribution in [0.3, 0.4) is 0 Å². The van der Waals surface area contributed by atoms with Gasteiger partial charge >= 0.3 is 12.0 Å². The lowest BCUT2D eigenvalue weighted by molar-refractivity contribution is -0.127. The lowest BCUT2D eigenvalue weighted by atomic mass is 10.2. The number of rotatable bonds is 7. The number of imide groups is 1. The molecule has 0 aromatic heterocycles. The first-order chi connectivity index (χ1) is 13.4. The zero-order valence-electron chi connectivity index (χ0n) is 14.9. The summed E-state index contributed by atoms with van der Waals surface area (Å²) in [4.78, 5) is 36.0. The van der Waals surface area contributed by atoms with E-state index in [4.69, 9.17) is 4.74 Å². The monoisotopic (exact) mass is 408 g/mol. The average Bonchev–Trinajstić information content (AvgIpc) is 2.67. The van der Waals surface area contributed by atoms with E-state index in [1.165, 1.54) is 31.2 Å². The van der Waals surface area contributed by atoms with Crippen LogP contribution in [0.2, 0.25) is 0 Å². The molecule has 9 heteroatoms. The predicted molar refractivity (Wildman–Crippen MR) is 100 cm³/mol. The fraction of sp³-hybridized carbons (Fsp3) is 0.211. The average molecular weight is 408 g/mol. The minimum Gasteiger partial charge on any atom is -0.449 e. The third-order valence-corrected chi connectivity index (χ3v) is 4.30. The van der Waals surface area contributed by atoms with Crippen molar-refractivity contribution in [2.24, 2.45) is 0 Å². The molecule has 2 rings (SSSR count). The molecule has 0 saturated heterocycles. The number of halogens is 2. The second-order valence-corrected chi connectivity index (χ2v) is 6.61. The number of ether oxygens (including phenoxy) is 1. The number of alkyl halides is 2. The zero-order chi connectivity index (χ0) is 20.5. The van der Waals surface area contributed by atoms with Crippen molar-refractivity contribution in [2.75, 3.05) is 0 Å². The normalized spacial score (nSPS) is 11.6. The lowest BCUT2D eigenvalue weighted by Gasteiger charge is -2.14. The van der Waals surface area contributed by atoms with Crippen molar-refractivity contribution in [1.29, 1.82) is 0 Å². The summed E-state index contributed by atoms with van der Waals surface area (Å²) in [6.07, 6.45) is -1.29. The molecule has 0 fully saturated rings. The summed E-state index contributed by atoms with van der Waals surface area (Å²) in [6.45, 7) is 1.49. The third-order valence-electron chi connectivity index (χ3n) is 3.51. The van der Waals surface area contributed by atoms with Crippen LogP contribution in [-0.4, -0.2) is 29.8 Å². The highest BCUT2D eigenvalue weighted by Gasteiger charge is 2.23. The molecule has 0 saturated carbocycles. The van der Waals surface area contributed by atoms with Gasteiger partial charge in [0.2, 0.25) is 0 Å². The van der Waals surface area contributed by atoms with Gasteiger partial charge in [0.1, 0.15) is 0 Å². The number of carbonyl (C=O) groups is 3. The maximum Gasteiger partial charge on any atom is 0.340 e. The molecule has 28 heavy (non-hydrogen) atoms. The number of thioether (sulfide) groups is 1. The van der Waals surface area contributed by atoms with E-state index in [9.17, 15) is 23.2 Å². The summed E-state index contributed by atoms with van der Waals surface area (Å²) >= 11 is 0.205. The molecule has 6 nitrogen and oxygen atoms in total. The summed E-state index contributed by atoms with van der Waals surface area (Å²) < 4.78 is 30.2. The van der Waals surface area contributed by atoms with Crippen molar-refractivity contribution in [3.63, 3.8) is 0 Å². The molecule has 0 aliphatic carbocycles. The third kappa shape index (κ3) is 6.66. The summed E-state index contributed by atoms with van der Waals surface area (Å²) in [5.41, 5.74) is 0.763. The van der Waals surface area contributed by atoms with E-state index in [-0.39, 0.29) is 28.8 Å². The number of carbonyl (C=O) groups excluding carboxylic acids is 3. The van der Waals surface area contributed by atoms with Gasteiger partial charge in [-0.3, -0.25) is 10.1 Å². The van der Waals surface area contributed by atoms with Crippen LogP contribution in [0.1, 0.15) is 22.8 Å². The smallest absolute Gasteiger partial charge is 0.340 e. The zero-order valence-corrected chi connectivity index (χ0v) is 15.7. The highest BCUT2D eigenvalue weighted by Crippen LogP contribution is 2.28. The first kappa shape index (κ1) is 21.4. The van der Waals surface area contributed by atoms with Crippen molar-refractivity contribution < 1.29 is 27.9 Å². The van der Waals surface area contributed by atoms with Crippen LogP contribution in [0.15, 0.2) is 59.5 Å². The van der Waals surface area contributed by atoms with Gasteiger partial charge in [-0.15, -0.1) is 0 Å². The van der Waals surface area contributed by atoms with Crippen molar-refractivity contribution in [3.05, 3.63) is 65.7 Å². The highest BCUT2D eigenvalue weighted by atomic mass is 32.2. The topological polar surface area (TPSA) is 84.5 Å². The Morgan fingerprint density at radius 3 is 2.36 bits per heavy atom. The molecule has 2 aromatic carbocycles. The Bertz CT molecular complexity index is 834. The van der Waals surface area contributed by atoms with Crippen LogP contribution in [0.5, 0.6) is 0 Å². The number of nitrogens with one attached hydrogen (secondary N) is 2. The van der Waals surface area contributed by atoms with E-state index in [0.717, 1.165) is 5.56 Å². The van der Waals surface area contributed by atoms with Crippen molar-refractivity contribution in [3.8, 4) is 0 Å². The van der Waals surface area contributed by atoms with E-state index in [1.807, 2.05) is 18.2 Å². The van der Waals surface area contributed by atoms with Gasteiger partial charge in [0.15, 0.2) is 6.10 Å². The Morgan fingerprint density at radius 1 is 1.04 bits per heavy atom. The Kier molecular flexibility index (Phi) is 7.94. The summed E-state index contributed by atoms with van der Waals surface area (Å²) in [5, 5.41) is 4.56. The number of hydrogen-bond acceptors (Lipinski definition) is 5. The predicted octanol–water partition coefficient (Wildman–Crippen LogP) is 3.57. The molecule has 0 aliphatic heterocycles. The van der Waals surface area contributed by atoms with Gasteiger partial charge < -0.3 is 10.1 Å². The lowest BCUT2D eigenvalue weighted by Crippen LogP contribution is -2.44. The number of amides is 3. The van der Waals surface area contributed by atoms with E-state index >= 15 is 0 Å². The molecule has 1 atom stereocenters. The van der Waals surface area contributed by atoms with Crippen molar-refractivity contribution in [2.45, 2.75) is 30.2 Å². The molecule has 0 aliphatic rings. The SMILES string of the molecule is C[C@H](OC(=O)c1ccccc1SC(F)F)C(=O)NC(=O)NCc1ccccc1. The van der Waals surface area contributed by atoms with Crippen LogP contribution >= 0.6 is 11.8 Å². The van der Waals surface area contributed by atoms with E-state index in [0.29, 0.717) is 0 Å². The van der Waals surface area contributed by atoms with Gasteiger partial charge in [-0.2, -0.15) is 8.78 Å². The number of hydrogen-bond donors (Lipinski definition) is 2. The molecule has 0 heterocycles. The molecular formula is C19H18F2N2O4S. The van der Waals surface area contributed by atoms with E-state index < -0.39 is 29.8 Å². The number of benzene rings is 2. The molecule has 0 bridgehead atoms. The molecule has 3 amide bonds. The minimum absolute atomic E-state index is 0.0377. The maximum atomic E-state index is 12.6. The van der Waals surface area contributed by atoms with Crippen LogP contribution in [0.4, 0.5) is 13.6 Å². The highest BCUT2D eigenvalue weighted by molar-refractivity contribution is 7.99. The van der Waals surface area contributed by atoms with Crippen molar-refractivity contribution >= 4 is 29.7 Å². The largest absolute Gasteiger partial charge is 0.449 e. The first-order valence-electron chi connectivity index (χ1n) is 8.24. The minimum atomic E-state index is -2.71. The molecule has 2 N–H and O–H groups in total. The summed E-state index contributed by atoms with van der Waals surface area (Å²) in [5.74, 6) is -4.48. The van der Waals surface area contributed by atoms with E-state index in [1.54, 1.807) is 12.1 Å². The quantitative estimate of drug-likeness (QED) is 0.541. The Morgan fingerprint density at radius 2 is 1.68 bits per heavy atom. The standard InChI is InChI=1S/C19H18F2N2O4S/c1-12(16(24)23-19(26)22-11-13-7-3-2-4-8-13)27-17(25)14-9-5-6-10-15(14)28-18(20)21/h2-10,12,18H,11H2,1H3,(H2,22,23,24,26)/t12-/m0/s1. The number of urea groups is 1. The molecule has 2 aromatic rings. The van der Waals surface area contributed by atoms with Crippen LogP contribution in [0.25, 0.3) is 0 Å². The number of esters is 1.